The van der Waals surface area contributed by atoms with Crippen LogP contribution in [0.4, 0.5) is 0 Å². The molecule has 0 amide bonds. The molecule has 0 N–H and O–H groups in total. The fraction of sp³-hybridized carbons (Fsp3) is 0.864. The molecule has 0 fully saturated rings. The molecule has 0 saturated heterocycles. The van der Waals surface area contributed by atoms with Crippen LogP contribution in [0.15, 0.2) is 36.5 Å². The third kappa shape index (κ3) is 58.5. The number of allylic oxidation sites excluding steroid dienone is 6. The van der Waals surface area contributed by atoms with Crippen LogP contribution >= 0.6 is 0 Å². The Bertz CT molecular complexity index is 1210. The van der Waals surface area contributed by atoms with Gasteiger partial charge < -0.3 is 14.2 Å². The van der Waals surface area contributed by atoms with Gasteiger partial charge in [-0.3, -0.25) is 14.4 Å². The third-order valence-corrected chi connectivity index (χ3v) is 14.4. The maximum Gasteiger partial charge on any atom is 0.306 e. The molecular formula is C66H122O6. The van der Waals surface area contributed by atoms with E-state index in [9.17, 15) is 14.4 Å². The summed E-state index contributed by atoms with van der Waals surface area (Å²) in [6.07, 6.45) is 74.8. The Morgan fingerprint density at radius 3 is 0.778 bits per heavy atom. The van der Waals surface area contributed by atoms with Gasteiger partial charge in [-0.15, -0.1) is 0 Å². The average molecular weight is 1010 g/mol. The molecule has 6 nitrogen and oxygen atoms in total. The Morgan fingerprint density at radius 2 is 0.500 bits per heavy atom. The average Bonchev–Trinajstić information content (AvgIpc) is 3.38. The van der Waals surface area contributed by atoms with Crippen molar-refractivity contribution >= 4 is 17.9 Å². The summed E-state index contributed by atoms with van der Waals surface area (Å²) in [5, 5.41) is 0. The molecule has 1 unspecified atom stereocenters. The molecule has 0 spiro atoms. The van der Waals surface area contributed by atoms with Crippen molar-refractivity contribution in [2.24, 2.45) is 0 Å². The van der Waals surface area contributed by atoms with Crippen LogP contribution < -0.4 is 0 Å². The standard InChI is InChI=1S/C66H122O6/c1-4-7-10-13-16-18-20-22-24-26-28-30-31-32-33-34-35-37-38-40-42-44-46-48-50-53-56-59-65(68)71-62-63(61-70-64(67)58-55-52-15-12-9-6-3)72-66(69)60-57-54-51-49-47-45-43-41-39-36-29-27-25-23-21-19-17-14-11-8-5-2/h21,23,27,29,39,41,63H,4-20,22,24-26,28,30-38,40,42-62H2,1-3H3/b23-21-,29-27-,41-39-. The zero-order chi connectivity index (χ0) is 52.2. The van der Waals surface area contributed by atoms with E-state index >= 15 is 0 Å². The second kappa shape index (κ2) is 61.2. The van der Waals surface area contributed by atoms with E-state index in [0.29, 0.717) is 19.3 Å². The van der Waals surface area contributed by atoms with Crippen LogP contribution in [-0.4, -0.2) is 37.2 Å². The largest absolute Gasteiger partial charge is 0.462 e. The maximum absolute atomic E-state index is 12.8. The molecule has 72 heavy (non-hydrogen) atoms. The van der Waals surface area contributed by atoms with Gasteiger partial charge in [-0.1, -0.05) is 308 Å². The van der Waals surface area contributed by atoms with E-state index in [2.05, 4.69) is 57.2 Å². The third-order valence-electron chi connectivity index (χ3n) is 14.4. The second-order valence-electron chi connectivity index (χ2n) is 21.7. The molecule has 0 bridgehead atoms. The van der Waals surface area contributed by atoms with Crippen molar-refractivity contribution in [1.29, 1.82) is 0 Å². The van der Waals surface area contributed by atoms with Crippen LogP contribution in [0.5, 0.6) is 0 Å². The number of carbonyl (C=O) groups is 3. The Balaban J connectivity index is 4.05. The van der Waals surface area contributed by atoms with Crippen molar-refractivity contribution in [3.8, 4) is 0 Å². The first-order valence-electron chi connectivity index (χ1n) is 32.0. The second-order valence-corrected chi connectivity index (χ2v) is 21.7. The smallest absolute Gasteiger partial charge is 0.306 e. The quantitative estimate of drug-likeness (QED) is 0.0261. The highest BCUT2D eigenvalue weighted by Crippen LogP contribution is 2.18. The Hall–Kier alpha value is -2.37. The Morgan fingerprint density at radius 1 is 0.278 bits per heavy atom. The van der Waals surface area contributed by atoms with Crippen molar-refractivity contribution in [2.75, 3.05) is 13.2 Å². The molecule has 0 aliphatic heterocycles. The molecule has 0 radical (unpaired) electrons. The van der Waals surface area contributed by atoms with E-state index in [1.807, 2.05) is 0 Å². The predicted octanol–water partition coefficient (Wildman–Crippen LogP) is 21.6. The molecule has 422 valence electrons. The van der Waals surface area contributed by atoms with Crippen LogP contribution in [0, 0.1) is 0 Å². The summed E-state index contributed by atoms with van der Waals surface area (Å²) in [6, 6.07) is 0. The minimum atomic E-state index is -0.774. The first-order valence-corrected chi connectivity index (χ1v) is 32.0. The van der Waals surface area contributed by atoms with Crippen molar-refractivity contribution in [2.45, 2.75) is 354 Å². The van der Waals surface area contributed by atoms with Crippen LogP contribution in [0.2, 0.25) is 0 Å². The fourth-order valence-corrected chi connectivity index (χ4v) is 9.57. The summed E-state index contributed by atoms with van der Waals surface area (Å²) >= 11 is 0. The van der Waals surface area contributed by atoms with Crippen LogP contribution in [0.25, 0.3) is 0 Å². The van der Waals surface area contributed by atoms with E-state index in [1.165, 1.54) is 231 Å². The van der Waals surface area contributed by atoms with Crippen molar-refractivity contribution < 1.29 is 28.6 Å². The summed E-state index contributed by atoms with van der Waals surface area (Å²) in [5.41, 5.74) is 0. The summed E-state index contributed by atoms with van der Waals surface area (Å²) in [7, 11) is 0. The molecule has 0 saturated carbocycles. The van der Waals surface area contributed by atoms with Crippen LogP contribution in [-0.2, 0) is 28.6 Å². The first-order chi connectivity index (χ1) is 35.5. The fourth-order valence-electron chi connectivity index (χ4n) is 9.57. The van der Waals surface area contributed by atoms with Crippen LogP contribution in [0.1, 0.15) is 348 Å². The highest BCUT2D eigenvalue weighted by Gasteiger charge is 2.19. The zero-order valence-corrected chi connectivity index (χ0v) is 48.5. The lowest BCUT2D eigenvalue weighted by Crippen LogP contribution is -2.30. The summed E-state index contributed by atoms with van der Waals surface area (Å²) in [5.74, 6) is -0.877. The Labute approximate surface area is 448 Å². The predicted molar refractivity (Wildman–Crippen MR) is 312 cm³/mol. The molecule has 0 aromatic rings. The number of ether oxygens (including phenoxy) is 3. The van der Waals surface area contributed by atoms with Gasteiger partial charge in [0.05, 0.1) is 0 Å². The zero-order valence-electron chi connectivity index (χ0n) is 48.5. The molecule has 0 aromatic heterocycles. The van der Waals surface area contributed by atoms with E-state index in [0.717, 1.165) is 77.0 Å². The van der Waals surface area contributed by atoms with E-state index in [-0.39, 0.29) is 31.1 Å². The topological polar surface area (TPSA) is 78.9 Å². The lowest BCUT2D eigenvalue weighted by molar-refractivity contribution is -0.167. The highest BCUT2D eigenvalue weighted by atomic mass is 16.6. The van der Waals surface area contributed by atoms with E-state index in [4.69, 9.17) is 14.2 Å². The summed E-state index contributed by atoms with van der Waals surface area (Å²) in [6.45, 7) is 6.61. The van der Waals surface area contributed by atoms with Gasteiger partial charge in [0.1, 0.15) is 13.2 Å². The molecule has 0 heterocycles. The number of hydrogen-bond donors (Lipinski definition) is 0. The molecule has 0 aliphatic rings. The lowest BCUT2D eigenvalue weighted by atomic mass is 10.0. The van der Waals surface area contributed by atoms with Crippen molar-refractivity contribution in [3.05, 3.63) is 36.5 Å². The minimum absolute atomic E-state index is 0.0736. The van der Waals surface area contributed by atoms with Gasteiger partial charge in [-0.05, 0) is 57.8 Å². The highest BCUT2D eigenvalue weighted by molar-refractivity contribution is 5.71. The molecule has 0 aromatic carbocycles. The summed E-state index contributed by atoms with van der Waals surface area (Å²) < 4.78 is 16.8. The number of carbonyl (C=O) groups excluding carboxylic acids is 3. The van der Waals surface area contributed by atoms with Crippen LogP contribution in [0.3, 0.4) is 0 Å². The minimum Gasteiger partial charge on any atom is -0.462 e. The molecule has 0 aliphatic carbocycles. The van der Waals surface area contributed by atoms with Gasteiger partial charge in [0.2, 0.25) is 0 Å². The van der Waals surface area contributed by atoms with Gasteiger partial charge in [-0.2, -0.15) is 0 Å². The van der Waals surface area contributed by atoms with E-state index in [1.54, 1.807) is 0 Å². The number of unbranched alkanes of at least 4 members (excludes halogenated alkanes) is 42. The van der Waals surface area contributed by atoms with Crippen molar-refractivity contribution in [1.82, 2.24) is 0 Å². The van der Waals surface area contributed by atoms with Gasteiger partial charge >= 0.3 is 17.9 Å². The number of rotatable bonds is 59. The molecular weight excluding hydrogens is 889 g/mol. The lowest BCUT2D eigenvalue weighted by Gasteiger charge is -2.18. The maximum atomic E-state index is 12.8. The van der Waals surface area contributed by atoms with Gasteiger partial charge in [0, 0.05) is 19.3 Å². The molecule has 0 rings (SSSR count). The monoisotopic (exact) mass is 1010 g/mol. The molecule has 1 atom stereocenters. The number of hydrogen-bond acceptors (Lipinski definition) is 6. The SMILES string of the molecule is CCCCCCC/C=C\C/C=C\C/C=C\CCCCCCCCC(=O)OC(COC(=O)CCCCCCCC)COC(=O)CCCCCCCCCCCCCCCCCCCCCCCCCCCCC. The first kappa shape index (κ1) is 69.6. The van der Waals surface area contributed by atoms with Crippen molar-refractivity contribution in [3.63, 3.8) is 0 Å². The van der Waals surface area contributed by atoms with Gasteiger partial charge in [0.15, 0.2) is 6.10 Å². The normalized spacial score (nSPS) is 12.2. The van der Waals surface area contributed by atoms with E-state index < -0.39 is 6.10 Å². The molecule has 6 heteroatoms. The van der Waals surface area contributed by atoms with Gasteiger partial charge in [-0.25, -0.2) is 0 Å². The van der Waals surface area contributed by atoms with Gasteiger partial charge in [0.25, 0.3) is 0 Å². The Kier molecular flexibility index (Phi) is 59.2. The number of esters is 3. The summed E-state index contributed by atoms with van der Waals surface area (Å²) in [4.78, 5) is 38.0.